The van der Waals surface area contributed by atoms with Crippen molar-refractivity contribution in [2.24, 2.45) is 0 Å². The first-order valence-corrected chi connectivity index (χ1v) is 11.6. The summed E-state index contributed by atoms with van der Waals surface area (Å²) in [5.41, 5.74) is 3.57. The highest BCUT2D eigenvalue weighted by Gasteiger charge is 2.26. The lowest BCUT2D eigenvalue weighted by molar-refractivity contribution is -0.115. The number of hydrogen-bond acceptors (Lipinski definition) is 6. The van der Waals surface area contributed by atoms with Crippen LogP contribution in [0.5, 0.6) is 5.75 Å². The minimum atomic E-state index is -0.669. The van der Waals surface area contributed by atoms with E-state index in [0.717, 1.165) is 34.1 Å². The maximum Gasteiger partial charge on any atom is 0.277 e. The number of halogens is 1. The average molecular weight is 478 g/mol. The number of amides is 1. The molecule has 0 saturated heterocycles. The zero-order chi connectivity index (χ0) is 24.1. The number of nitrogens with one attached hydrogen (secondary N) is 1. The first-order chi connectivity index (χ1) is 16.4. The summed E-state index contributed by atoms with van der Waals surface area (Å²) in [6.45, 7) is 5.61. The summed E-state index contributed by atoms with van der Waals surface area (Å²) >= 11 is 1.14. The van der Waals surface area contributed by atoms with Gasteiger partial charge in [0.2, 0.25) is 5.91 Å². The molecule has 174 valence electrons. The molecule has 0 aliphatic rings. The van der Waals surface area contributed by atoms with Gasteiger partial charge in [0, 0.05) is 5.69 Å². The van der Waals surface area contributed by atoms with Crippen LogP contribution in [-0.2, 0) is 4.79 Å². The minimum absolute atomic E-state index is 0.0949. The number of para-hydroxylation sites is 1. The van der Waals surface area contributed by atoms with Crippen molar-refractivity contribution in [3.8, 4) is 5.75 Å². The molecule has 0 spiro atoms. The number of carbonyl (C=O) groups is 1. The van der Waals surface area contributed by atoms with Crippen LogP contribution in [-0.4, -0.2) is 16.1 Å². The van der Waals surface area contributed by atoms with E-state index in [1.165, 1.54) is 12.1 Å². The number of rotatable bonds is 8. The Morgan fingerprint density at radius 1 is 1.03 bits per heavy atom. The summed E-state index contributed by atoms with van der Waals surface area (Å²) in [5.74, 6) is -0.402. The molecule has 1 aromatic heterocycles. The lowest BCUT2D eigenvalue weighted by Crippen LogP contribution is -2.19. The van der Waals surface area contributed by atoms with E-state index in [4.69, 9.17) is 9.15 Å². The van der Waals surface area contributed by atoms with Gasteiger partial charge in [-0.25, -0.2) is 4.39 Å². The molecule has 4 rings (SSSR count). The molecule has 34 heavy (non-hydrogen) atoms. The summed E-state index contributed by atoms with van der Waals surface area (Å²) in [6, 6.07) is 21.4. The van der Waals surface area contributed by atoms with Crippen molar-refractivity contribution in [3.05, 3.63) is 101 Å². The van der Waals surface area contributed by atoms with Crippen LogP contribution in [0.4, 0.5) is 10.1 Å². The van der Waals surface area contributed by atoms with Crippen molar-refractivity contribution in [3.63, 3.8) is 0 Å². The quantitative estimate of drug-likeness (QED) is 0.294. The first-order valence-electron chi connectivity index (χ1n) is 10.7. The maximum atomic E-state index is 13.9. The molecule has 2 atom stereocenters. The molecule has 1 heterocycles. The zero-order valence-electron chi connectivity index (χ0n) is 19.0. The first kappa shape index (κ1) is 23.5. The van der Waals surface area contributed by atoms with Crippen molar-refractivity contribution in [2.75, 3.05) is 5.32 Å². The Kier molecular flexibility index (Phi) is 7.27. The van der Waals surface area contributed by atoms with Gasteiger partial charge in [-0.1, -0.05) is 54.6 Å². The number of benzene rings is 3. The van der Waals surface area contributed by atoms with Crippen molar-refractivity contribution in [1.29, 1.82) is 0 Å². The molecule has 0 radical (unpaired) electrons. The van der Waals surface area contributed by atoms with Gasteiger partial charge in [-0.2, -0.15) is 0 Å². The Bertz CT molecular complexity index is 1280. The fraction of sp³-hybridized carbons (Fsp3) is 0.192. The molecule has 0 aliphatic carbocycles. The Morgan fingerprint density at radius 3 is 2.53 bits per heavy atom. The Labute approximate surface area is 201 Å². The van der Waals surface area contributed by atoms with Crippen molar-refractivity contribution < 1.29 is 18.3 Å². The van der Waals surface area contributed by atoms with E-state index in [-0.39, 0.29) is 22.8 Å². The highest BCUT2D eigenvalue weighted by Crippen LogP contribution is 2.37. The van der Waals surface area contributed by atoms with E-state index >= 15 is 0 Å². The van der Waals surface area contributed by atoms with Crippen LogP contribution in [0, 0.1) is 19.7 Å². The van der Waals surface area contributed by atoms with E-state index in [2.05, 4.69) is 15.5 Å². The van der Waals surface area contributed by atoms with E-state index in [0.29, 0.717) is 0 Å². The number of aryl methyl sites for hydroxylation is 2. The van der Waals surface area contributed by atoms with E-state index in [1.54, 1.807) is 19.1 Å². The number of anilines is 1. The lowest BCUT2D eigenvalue weighted by Gasteiger charge is -2.16. The molecule has 1 N–H and O–H groups in total. The highest BCUT2D eigenvalue weighted by molar-refractivity contribution is 8.00. The van der Waals surface area contributed by atoms with Gasteiger partial charge in [0.15, 0.2) is 17.7 Å². The number of thioether (sulfide) groups is 1. The van der Waals surface area contributed by atoms with Gasteiger partial charge in [-0.15, -0.1) is 10.2 Å². The summed E-state index contributed by atoms with van der Waals surface area (Å²) in [4.78, 5) is 13.3. The molecule has 3 aromatic carbocycles. The third kappa shape index (κ3) is 5.63. The van der Waals surface area contributed by atoms with Crippen LogP contribution >= 0.6 is 11.8 Å². The van der Waals surface area contributed by atoms with Gasteiger partial charge in [0.1, 0.15) is 5.25 Å². The molecule has 0 saturated carbocycles. The molecule has 0 fully saturated rings. The van der Waals surface area contributed by atoms with Gasteiger partial charge in [-0.3, -0.25) is 4.79 Å². The summed E-state index contributed by atoms with van der Waals surface area (Å²) < 4.78 is 25.3. The number of hydrogen-bond donors (Lipinski definition) is 1. The van der Waals surface area contributed by atoms with Crippen LogP contribution < -0.4 is 10.1 Å². The van der Waals surface area contributed by atoms with Crippen molar-refractivity contribution >= 4 is 23.4 Å². The molecular weight excluding hydrogens is 453 g/mol. The van der Waals surface area contributed by atoms with Gasteiger partial charge >= 0.3 is 0 Å². The SMILES string of the molecule is Cc1ccc(C)c(NC(=O)[C@@H](Sc2nnc([C@@H](C)Oc3ccccc3F)o2)c2ccccc2)c1. The van der Waals surface area contributed by atoms with E-state index in [9.17, 15) is 9.18 Å². The van der Waals surface area contributed by atoms with Crippen molar-refractivity contribution in [2.45, 2.75) is 37.3 Å². The standard InChI is InChI=1S/C26H24FN3O3S/c1-16-13-14-17(2)21(15-16)28-24(31)23(19-9-5-4-6-10-19)34-26-30-29-25(33-26)18(3)32-22-12-8-7-11-20(22)27/h4-15,18,23H,1-3H3,(H,28,31)/t18-,23+/m1/s1. The second kappa shape index (κ2) is 10.5. The topological polar surface area (TPSA) is 77.2 Å². The summed E-state index contributed by atoms with van der Waals surface area (Å²) in [7, 11) is 0. The van der Waals surface area contributed by atoms with Gasteiger partial charge in [0.05, 0.1) is 0 Å². The monoisotopic (exact) mass is 477 g/mol. The second-order valence-electron chi connectivity index (χ2n) is 7.81. The molecule has 0 unspecified atom stereocenters. The highest BCUT2D eigenvalue weighted by atomic mass is 32.2. The Morgan fingerprint density at radius 2 is 1.76 bits per heavy atom. The number of carbonyl (C=O) groups excluding carboxylic acids is 1. The maximum absolute atomic E-state index is 13.9. The van der Waals surface area contributed by atoms with E-state index in [1.807, 2.05) is 62.4 Å². The predicted molar refractivity (Wildman–Crippen MR) is 129 cm³/mol. The minimum Gasteiger partial charge on any atom is -0.478 e. The third-order valence-electron chi connectivity index (χ3n) is 5.12. The zero-order valence-corrected chi connectivity index (χ0v) is 19.8. The second-order valence-corrected chi connectivity index (χ2v) is 8.87. The molecule has 0 bridgehead atoms. The average Bonchev–Trinajstić information content (AvgIpc) is 3.31. The fourth-order valence-corrected chi connectivity index (χ4v) is 4.17. The predicted octanol–water partition coefficient (Wildman–Crippen LogP) is 6.44. The molecule has 8 heteroatoms. The molecule has 4 aromatic rings. The largest absolute Gasteiger partial charge is 0.478 e. The molecule has 6 nitrogen and oxygen atoms in total. The Hall–Kier alpha value is -3.65. The number of aromatic nitrogens is 2. The summed E-state index contributed by atoms with van der Waals surface area (Å²) in [5, 5.41) is 10.7. The van der Waals surface area contributed by atoms with E-state index < -0.39 is 17.2 Å². The molecular formula is C26H24FN3O3S. The van der Waals surface area contributed by atoms with Gasteiger partial charge in [0.25, 0.3) is 11.1 Å². The van der Waals surface area contributed by atoms with Gasteiger partial charge < -0.3 is 14.5 Å². The van der Waals surface area contributed by atoms with Gasteiger partial charge in [-0.05, 0) is 67.4 Å². The van der Waals surface area contributed by atoms with Crippen LogP contribution in [0.3, 0.4) is 0 Å². The van der Waals surface area contributed by atoms with Crippen molar-refractivity contribution in [1.82, 2.24) is 10.2 Å². The van der Waals surface area contributed by atoms with Crippen LogP contribution in [0.2, 0.25) is 0 Å². The molecule has 1 amide bonds. The van der Waals surface area contributed by atoms with Crippen LogP contribution in [0.1, 0.15) is 40.9 Å². The summed E-state index contributed by atoms with van der Waals surface area (Å²) in [6.07, 6.45) is -0.669. The Balaban J connectivity index is 1.53. The normalized spacial score (nSPS) is 12.7. The fourth-order valence-electron chi connectivity index (χ4n) is 3.28. The lowest BCUT2D eigenvalue weighted by atomic mass is 10.1. The van der Waals surface area contributed by atoms with Crippen LogP contribution in [0.25, 0.3) is 0 Å². The number of ether oxygens (including phenoxy) is 1. The van der Waals surface area contributed by atoms with Crippen LogP contribution in [0.15, 0.2) is 82.4 Å². The smallest absolute Gasteiger partial charge is 0.277 e. The number of nitrogens with zero attached hydrogens (tertiary/aromatic N) is 2. The third-order valence-corrected chi connectivity index (χ3v) is 6.21. The molecule has 0 aliphatic heterocycles.